The third-order valence-corrected chi connectivity index (χ3v) is 7.55. The smallest absolute Gasteiger partial charge is 0.246 e. The lowest BCUT2D eigenvalue weighted by Crippen LogP contribution is -2.58. The van der Waals surface area contributed by atoms with Gasteiger partial charge in [0.15, 0.2) is 0 Å². The SMILES string of the molecule is CCOc1ccc(NC(=O)[C@@H]2[C@H]3C(=O)N(CCCCO)C(C(=O)NC(C)(C)C)C34CC[C@@]2(C)O4)cc1. The third-order valence-electron chi connectivity index (χ3n) is 7.55. The van der Waals surface area contributed by atoms with E-state index in [2.05, 4.69) is 10.6 Å². The van der Waals surface area contributed by atoms with Gasteiger partial charge < -0.3 is 30.1 Å². The van der Waals surface area contributed by atoms with E-state index in [1.807, 2.05) is 34.6 Å². The summed E-state index contributed by atoms with van der Waals surface area (Å²) in [5, 5.41) is 15.3. The topological polar surface area (TPSA) is 117 Å². The van der Waals surface area contributed by atoms with Crippen molar-refractivity contribution in [3.8, 4) is 5.75 Å². The van der Waals surface area contributed by atoms with Crippen molar-refractivity contribution in [1.29, 1.82) is 0 Å². The molecule has 198 valence electrons. The number of aliphatic hydroxyl groups excluding tert-OH is 1. The Morgan fingerprint density at radius 2 is 1.86 bits per heavy atom. The van der Waals surface area contributed by atoms with Gasteiger partial charge in [-0.2, -0.15) is 0 Å². The highest BCUT2D eigenvalue weighted by atomic mass is 16.5. The number of carbonyl (C=O) groups is 3. The van der Waals surface area contributed by atoms with Crippen molar-refractivity contribution in [2.45, 2.75) is 83.1 Å². The molecule has 3 aliphatic rings. The first-order valence-corrected chi connectivity index (χ1v) is 12.9. The largest absolute Gasteiger partial charge is 0.494 e. The summed E-state index contributed by atoms with van der Waals surface area (Å²) >= 11 is 0. The molecular formula is C27H39N3O6. The van der Waals surface area contributed by atoms with Crippen LogP contribution in [0.4, 0.5) is 5.69 Å². The van der Waals surface area contributed by atoms with Gasteiger partial charge in [0.05, 0.1) is 24.0 Å². The minimum atomic E-state index is -1.05. The minimum Gasteiger partial charge on any atom is -0.494 e. The summed E-state index contributed by atoms with van der Waals surface area (Å²) in [7, 11) is 0. The Hall–Kier alpha value is -2.65. The first-order chi connectivity index (χ1) is 17.0. The highest BCUT2D eigenvalue weighted by molar-refractivity contribution is 6.02. The Morgan fingerprint density at radius 3 is 2.47 bits per heavy atom. The maximum absolute atomic E-state index is 13.9. The molecule has 3 saturated heterocycles. The van der Waals surface area contributed by atoms with E-state index in [1.165, 1.54) is 0 Å². The molecule has 3 fully saturated rings. The van der Waals surface area contributed by atoms with Crippen molar-refractivity contribution < 1.29 is 29.0 Å². The Morgan fingerprint density at radius 1 is 1.17 bits per heavy atom. The van der Waals surface area contributed by atoms with Gasteiger partial charge in [0.1, 0.15) is 17.4 Å². The zero-order chi connectivity index (χ0) is 26.3. The number of unbranched alkanes of at least 4 members (excludes halogenated alkanes) is 1. The molecular weight excluding hydrogens is 462 g/mol. The number of likely N-dealkylation sites (tertiary alicyclic amines) is 1. The number of anilines is 1. The van der Waals surface area contributed by atoms with Crippen LogP contribution >= 0.6 is 0 Å². The highest BCUT2D eigenvalue weighted by Gasteiger charge is 2.77. The van der Waals surface area contributed by atoms with Crippen molar-refractivity contribution in [2.75, 3.05) is 25.1 Å². The number of hydrogen-bond acceptors (Lipinski definition) is 6. The lowest BCUT2D eigenvalue weighted by atomic mass is 9.66. The van der Waals surface area contributed by atoms with Crippen LogP contribution in [0.2, 0.25) is 0 Å². The Bertz CT molecular complexity index is 1010. The van der Waals surface area contributed by atoms with Crippen molar-refractivity contribution in [3.63, 3.8) is 0 Å². The Kier molecular flexibility index (Phi) is 7.09. The van der Waals surface area contributed by atoms with Gasteiger partial charge in [0, 0.05) is 24.4 Å². The maximum Gasteiger partial charge on any atom is 0.246 e. The van der Waals surface area contributed by atoms with Gasteiger partial charge in [-0.3, -0.25) is 14.4 Å². The number of carbonyl (C=O) groups excluding carboxylic acids is 3. The number of nitrogens with zero attached hydrogens (tertiary/aromatic N) is 1. The Labute approximate surface area is 212 Å². The van der Waals surface area contributed by atoms with Crippen LogP contribution in [-0.2, 0) is 19.1 Å². The quantitative estimate of drug-likeness (QED) is 0.448. The fourth-order valence-electron chi connectivity index (χ4n) is 6.22. The number of aliphatic hydroxyl groups is 1. The number of fused-ring (bicyclic) bond motifs is 1. The van der Waals surface area contributed by atoms with Gasteiger partial charge in [-0.1, -0.05) is 0 Å². The van der Waals surface area contributed by atoms with E-state index in [0.717, 1.165) is 0 Å². The second kappa shape index (κ2) is 9.67. The second-order valence-corrected chi connectivity index (χ2v) is 11.4. The predicted molar refractivity (Wildman–Crippen MR) is 134 cm³/mol. The Balaban J connectivity index is 1.64. The van der Waals surface area contributed by atoms with Crippen LogP contribution in [0.3, 0.4) is 0 Å². The van der Waals surface area contributed by atoms with E-state index < -0.39 is 34.6 Å². The minimum absolute atomic E-state index is 0.0111. The van der Waals surface area contributed by atoms with Gasteiger partial charge in [-0.25, -0.2) is 0 Å². The van der Waals surface area contributed by atoms with Crippen molar-refractivity contribution in [2.24, 2.45) is 11.8 Å². The van der Waals surface area contributed by atoms with Gasteiger partial charge in [-0.15, -0.1) is 0 Å². The monoisotopic (exact) mass is 501 g/mol. The highest BCUT2D eigenvalue weighted by Crippen LogP contribution is 2.63. The van der Waals surface area contributed by atoms with Gasteiger partial charge in [0.25, 0.3) is 0 Å². The van der Waals surface area contributed by atoms with Gasteiger partial charge >= 0.3 is 0 Å². The van der Waals surface area contributed by atoms with Crippen LogP contribution < -0.4 is 15.4 Å². The maximum atomic E-state index is 13.9. The zero-order valence-electron chi connectivity index (χ0n) is 21.9. The fraction of sp³-hybridized carbons (Fsp3) is 0.667. The normalized spacial score (nSPS) is 30.9. The molecule has 2 unspecified atom stereocenters. The van der Waals surface area contributed by atoms with Crippen LogP contribution in [-0.4, -0.2) is 70.3 Å². The van der Waals surface area contributed by atoms with E-state index in [4.69, 9.17) is 9.47 Å². The number of amides is 3. The molecule has 0 aromatic heterocycles. The lowest BCUT2D eigenvalue weighted by molar-refractivity contribution is -0.145. The average Bonchev–Trinajstić information content (AvgIpc) is 3.35. The number of ether oxygens (including phenoxy) is 2. The molecule has 3 aliphatic heterocycles. The molecule has 9 heteroatoms. The van der Waals surface area contributed by atoms with Crippen molar-refractivity contribution >= 4 is 23.4 Å². The lowest BCUT2D eigenvalue weighted by Gasteiger charge is -2.35. The molecule has 9 nitrogen and oxygen atoms in total. The first kappa shape index (κ1) is 26.4. The molecule has 1 aromatic rings. The molecule has 3 heterocycles. The molecule has 3 amide bonds. The summed E-state index contributed by atoms with van der Waals surface area (Å²) in [6, 6.07) is 6.29. The number of rotatable bonds is 9. The van der Waals surface area contributed by atoms with Gasteiger partial charge in [0.2, 0.25) is 17.7 Å². The molecule has 36 heavy (non-hydrogen) atoms. The summed E-state index contributed by atoms with van der Waals surface area (Å²) in [4.78, 5) is 42.7. The summed E-state index contributed by atoms with van der Waals surface area (Å²) in [6.45, 7) is 10.4. The van der Waals surface area contributed by atoms with E-state index in [1.54, 1.807) is 29.2 Å². The summed E-state index contributed by atoms with van der Waals surface area (Å²) < 4.78 is 12.1. The number of nitrogens with one attached hydrogen (secondary N) is 2. The van der Waals surface area contributed by atoms with E-state index in [0.29, 0.717) is 50.3 Å². The molecule has 0 radical (unpaired) electrons. The predicted octanol–water partition coefficient (Wildman–Crippen LogP) is 2.48. The fourth-order valence-corrected chi connectivity index (χ4v) is 6.22. The molecule has 1 spiro atoms. The summed E-state index contributed by atoms with van der Waals surface area (Å²) in [5.41, 5.74) is -1.78. The molecule has 5 atom stereocenters. The van der Waals surface area contributed by atoms with Gasteiger partial charge in [-0.05, 0) is 84.6 Å². The molecule has 2 bridgehead atoms. The van der Waals surface area contributed by atoms with E-state index in [-0.39, 0.29) is 24.3 Å². The number of hydrogen-bond donors (Lipinski definition) is 3. The molecule has 0 aliphatic carbocycles. The standard InChI is InChI=1S/C27H39N3O6/c1-6-35-18-11-9-17(10-12-18)28-22(32)19-20-24(34)30(15-7-8-16-31)21(23(33)29-25(2,3)4)27(20)14-13-26(19,5)36-27/h9-12,19-21,31H,6-8,13-16H2,1-5H3,(H,28,32)(H,29,33)/t19-,20-,21?,26+,27?/m0/s1. The van der Waals surface area contributed by atoms with E-state index in [9.17, 15) is 19.5 Å². The molecule has 0 saturated carbocycles. The average molecular weight is 502 g/mol. The van der Waals surface area contributed by atoms with E-state index >= 15 is 0 Å². The molecule has 4 rings (SSSR count). The molecule has 1 aromatic carbocycles. The summed E-state index contributed by atoms with van der Waals surface area (Å²) in [6.07, 6.45) is 2.20. The van der Waals surface area contributed by atoms with Crippen molar-refractivity contribution in [3.05, 3.63) is 24.3 Å². The summed E-state index contributed by atoms with van der Waals surface area (Å²) in [5.74, 6) is -1.53. The molecule has 3 N–H and O–H groups in total. The third kappa shape index (κ3) is 4.59. The van der Waals surface area contributed by atoms with Crippen LogP contribution in [0, 0.1) is 11.8 Å². The second-order valence-electron chi connectivity index (χ2n) is 11.4. The van der Waals surface area contributed by atoms with Crippen LogP contribution in [0.5, 0.6) is 5.75 Å². The zero-order valence-corrected chi connectivity index (χ0v) is 21.9. The van der Waals surface area contributed by atoms with Crippen LogP contribution in [0.1, 0.15) is 60.3 Å². The van der Waals surface area contributed by atoms with Crippen LogP contribution in [0.15, 0.2) is 24.3 Å². The number of benzene rings is 1. The first-order valence-electron chi connectivity index (χ1n) is 12.9. The van der Waals surface area contributed by atoms with Crippen molar-refractivity contribution in [1.82, 2.24) is 10.2 Å². The van der Waals surface area contributed by atoms with Crippen LogP contribution in [0.25, 0.3) is 0 Å².